The predicted octanol–water partition coefficient (Wildman–Crippen LogP) is 2.19. The minimum absolute atomic E-state index is 0.640. The van der Waals surface area contributed by atoms with Crippen LogP contribution in [-0.2, 0) is 0 Å². The van der Waals surface area contributed by atoms with Crippen molar-refractivity contribution in [3.8, 4) is 6.07 Å². The molecule has 1 aliphatic carbocycles. The Hall–Kier alpha value is -0.590. The lowest BCUT2D eigenvalue weighted by Crippen LogP contribution is -2.50. The van der Waals surface area contributed by atoms with Crippen LogP contribution in [0.15, 0.2) is 0 Å². The maximum absolute atomic E-state index is 8.61. The molecular weight excluding hydrogens is 210 g/mol. The third kappa shape index (κ3) is 3.69. The number of nitrogens with one attached hydrogen (secondary N) is 2. The molecule has 3 atom stereocenters. The average molecular weight is 235 g/mol. The molecule has 2 N–H and O–H groups in total. The molecule has 0 bridgehead atoms. The Balaban J connectivity index is 1.84. The van der Waals surface area contributed by atoms with Crippen molar-refractivity contribution in [3.63, 3.8) is 0 Å². The first-order valence-corrected chi connectivity index (χ1v) is 7.25. The van der Waals surface area contributed by atoms with E-state index < -0.39 is 0 Å². The summed E-state index contributed by atoms with van der Waals surface area (Å²) >= 11 is 0. The summed E-state index contributed by atoms with van der Waals surface area (Å²) in [5.41, 5.74) is 0. The van der Waals surface area contributed by atoms with Crippen molar-refractivity contribution in [3.05, 3.63) is 0 Å². The lowest BCUT2D eigenvalue weighted by molar-refractivity contribution is 0.183. The number of nitrogens with zero attached hydrogens (tertiary/aromatic N) is 1. The van der Waals surface area contributed by atoms with E-state index >= 15 is 0 Å². The van der Waals surface area contributed by atoms with E-state index in [1.54, 1.807) is 0 Å². The van der Waals surface area contributed by atoms with Gasteiger partial charge in [-0.2, -0.15) is 5.26 Å². The SMILES string of the molecule is N#CCCNC1CCCCC1C1CCCCN1. The molecule has 0 radical (unpaired) electrons. The van der Waals surface area contributed by atoms with Crippen LogP contribution in [0.25, 0.3) is 0 Å². The smallest absolute Gasteiger partial charge is 0.0635 e. The van der Waals surface area contributed by atoms with E-state index in [0.29, 0.717) is 12.5 Å². The molecule has 0 aromatic heterocycles. The van der Waals surface area contributed by atoms with Gasteiger partial charge in [0.15, 0.2) is 0 Å². The highest BCUT2D eigenvalue weighted by atomic mass is 15.0. The van der Waals surface area contributed by atoms with E-state index in [4.69, 9.17) is 5.26 Å². The van der Waals surface area contributed by atoms with Crippen molar-refractivity contribution in [2.45, 2.75) is 63.5 Å². The largest absolute Gasteiger partial charge is 0.314 e. The zero-order valence-electron chi connectivity index (χ0n) is 10.8. The number of hydrogen-bond acceptors (Lipinski definition) is 3. The molecule has 3 unspecified atom stereocenters. The molecule has 3 heteroatoms. The summed E-state index contributed by atoms with van der Waals surface area (Å²) in [4.78, 5) is 0. The Morgan fingerprint density at radius 3 is 2.71 bits per heavy atom. The van der Waals surface area contributed by atoms with Crippen LogP contribution < -0.4 is 10.6 Å². The van der Waals surface area contributed by atoms with Crippen molar-refractivity contribution in [2.24, 2.45) is 5.92 Å². The van der Waals surface area contributed by atoms with Crippen LogP contribution in [0.2, 0.25) is 0 Å². The van der Waals surface area contributed by atoms with Gasteiger partial charge in [-0.1, -0.05) is 19.3 Å². The van der Waals surface area contributed by atoms with Crippen molar-refractivity contribution in [2.75, 3.05) is 13.1 Å². The Labute approximate surface area is 105 Å². The molecule has 0 spiro atoms. The average Bonchev–Trinajstić information content (AvgIpc) is 2.41. The Bertz CT molecular complexity index is 253. The molecule has 1 aliphatic heterocycles. The number of nitriles is 1. The predicted molar refractivity (Wildman–Crippen MR) is 69.6 cm³/mol. The molecule has 96 valence electrons. The second-order valence-electron chi connectivity index (χ2n) is 5.47. The lowest BCUT2D eigenvalue weighted by Gasteiger charge is -2.40. The standard InChI is InChI=1S/C14H25N3/c15-9-5-11-17-13-7-2-1-6-12(13)14-8-3-4-10-16-14/h12-14,16-17H,1-8,10-11H2. The van der Waals surface area contributed by atoms with E-state index in [9.17, 15) is 0 Å². The highest BCUT2D eigenvalue weighted by Gasteiger charge is 2.31. The van der Waals surface area contributed by atoms with Crippen LogP contribution in [-0.4, -0.2) is 25.2 Å². The molecule has 2 rings (SSSR count). The van der Waals surface area contributed by atoms with Gasteiger partial charge in [-0.05, 0) is 38.1 Å². The summed E-state index contributed by atoms with van der Waals surface area (Å²) in [7, 11) is 0. The van der Waals surface area contributed by atoms with Crippen molar-refractivity contribution >= 4 is 0 Å². The minimum Gasteiger partial charge on any atom is -0.314 e. The zero-order chi connectivity index (χ0) is 11.9. The Morgan fingerprint density at radius 2 is 1.94 bits per heavy atom. The van der Waals surface area contributed by atoms with Gasteiger partial charge < -0.3 is 10.6 Å². The summed E-state index contributed by atoms with van der Waals surface area (Å²) in [6.45, 7) is 2.07. The van der Waals surface area contributed by atoms with E-state index in [2.05, 4.69) is 16.7 Å². The molecule has 0 amide bonds. The van der Waals surface area contributed by atoms with Gasteiger partial charge in [-0.15, -0.1) is 0 Å². The van der Waals surface area contributed by atoms with Crippen LogP contribution in [0, 0.1) is 17.2 Å². The third-order valence-corrected chi connectivity index (χ3v) is 4.33. The second kappa shape index (κ2) is 6.98. The van der Waals surface area contributed by atoms with Gasteiger partial charge in [0.25, 0.3) is 0 Å². The van der Waals surface area contributed by atoms with Gasteiger partial charge in [0.05, 0.1) is 6.07 Å². The molecule has 1 heterocycles. The number of piperidine rings is 1. The first-order chi connectivity index (χ1) is 8.42. The topological polar surface area (TPSA) is 47.9 Å². The molecular formula is C14H25N3. The summed E-state index contributed by atoms with van der Waals surface area (Å²) in [6.07, 6.45) is 10.1. The molecule has 2 fully saturated rings. The summed E-state index contributed by atoms with van der Waals surface area (Å²) in [6, 6.07) is 3.60. The van der Waals surface area contributed by atoms with Gasteiger partial charge >= 0.3 is 0 Å². The van der Waals surface area contributed by atoms with Gasteiger partial charge in [0.2, 0.25) is 0 Å². The Morgan fingerprint density at radius 1 is 1.12 bits per heavy atom. The van der Waals surface area contributed by atoms with Crippen LogP contribution in [0.1, 0.15) is 51.4 Å². The van der Waals surface area contributed by atoms with Crippen molar-refractivity contribution < 1.29 is 0 Å². The van der Waals surface area contributed by atoms with Gasteiger partial charge in [-0.25, -0.2) is 0 Å². The van der Waals surface area contributed by atoms with E-state index in [0.717, 1.165) is 18.5 Å². The minimum atomic E-state index is 0.640. The highest BCUT2D eigenvalue weighted by Crippen LogP contribution is 2.30. The van der Waals surface area contributed by atoms with Crippen molar-refractivity contribution in [1.82, 2.24) is 10.6 Å². The van der Waals surface area contributed by atoms with E-state index in [1.165, 1.54) is 51.5 Å². The monoisotopic (exact) mass is 235 g/mol. The molecule has 0 aromatic carbocycles. The second-order valence-corrected chi connectivity index (χ2v) is 5.47. The van der Waals surface area contributed by atoms with E-state index in [1.807, 2.05) is 0 Å². The molecule has 2 aliphatic rings. The van der Waals surface area contributed by atoms with Gasteiger partial charge in [-0.3, -0.25) is 0 Å². The zero-order valence-corrected chi connectivity index (χ0v) is 10.8. The number of rotatable bonds is 4. The van der Waals surface area contributed by atoms with Gasteiger partial charge in [0, 0.05) is 25.0 Å². The van der Waals surface area contributed by atoms with Gasteiger partial charge in [0.1, 0.15) is 0 Å². The molecule has 0 aromatic rings. The van der Waals surface area contributed by atoms with Crippen LogP contribution >= 0.6 is 0 Å². The lowest BCUT2D eigenvalue weighted by atomic mass is 9.77. The van der Waals surface area contributed by atoms with E-state index in [-0.39, 0.29) is 0 Å². The molecule has 1 saturated heterocycles. The number of hydrogen-bond donors (Lipinski definition) is 2. The summed E-state index contributed by atoms with van der Waals surface area (Å²) < 4.78 is 0. The molecule has 1 saturated carbocycles. The Kier molecular flexibility index (Phi) is 5.28. The maximum Gasteiger partial charge on any atom is 0.0635 e. The summed E-state index contributed by atoms with van der Waals surface area (Å²) in [5, 5.41) is 15.9. The molecule has 17 heavy (non-hydrogen) atoms. The fourth-order valence-corrected chi connectivity index (χ4v) is 3.45. The van der Waals surface area contributed by atoms with Crippen LogP contribution in [0.4, 0.5) is 0 Å². The maximum atomic E-state index is 8.61. The third-order valence-electron chi connectivity index (χ3n) is 4.33. The van der Waals surface area contributed by atoms with Crippen molar-refractivity contribution in [1.29, 1.82) is 5.26 Å². The fourth-order valence-electron chi connectivity index (χ4n) is 3.45. The molecule has 3 nitrogen and oxygen atoms in total. The normalized spacial score (nSPS) is 34.2. The first kappa shape index (κ1) is 12.9. The van der Waals surface area contributed by atoms with Crippen LogP contribution in [0.5, 0.6) is 0 Å². The summed E-state index contributed by atoms with van der Waals surface area (Å²) in [5.74, 6) is 0.794. The first-order valence-electron chi connectivity index (χ1n) is 7.25. The highest BCUT2D eigenvalue weighted by molar-refractivity contribution is 4.91. The fraction of sp³-hybridized carbons (Fsp3) is 0.929. The van der Waals surface area contributed by atoms with Crippen LogP contribution in [0.3, 0.4) is 0 Å². The quantitative estimate of drug-likeness (QED) is 0.734.